The van der Waals surface area contributed by atoms with E-state index >= 15 is 0 Å². The number of rotatable bonds is 6. The summed E-state index contributed by atoms with van der Waals surface area (Å²) in [4.78, 5) is 15.2. The Kier molecular flexibility index (Phi) is 6.94. The van der Waals surface area contributed by atoms with E-state index in [2.05, 4.69) is 67.2 Å². The molecule has 24 heavy (non-hydrogen) atoms. The number of hydrogen-bond donors (Lipinski definition) is 0. The molecule has 1 aliphatic rings. The van der Waals surface area contributed by atoms with E-state index in [9.17, 15) is 4.79 Å². The van der Waals surface area contributed by atoms with E-state index in [1.54, 1.807) is 0 Å². The predicted molar refractivity (Wildman–Crippen MR) is 102 cm³/mol. The van der Waals surface area contributed by atoms with Crippen LogP contribution in [0.2, 0.25) is 0 Å². The van der Waals surface area contributed by atoms with Crippen molar-refractivity contribution >= 4 is 5.97 Å². The average molecular weight is 340 g/mol. The predicted octanol–water partition coefficient (Wildman–Crippen LogP) is 5.28. The van der Waals surface area contributed by atoms with Crippen LogP contribution in [0.3, 0.4) is 0 Å². The zero-order valence-electron chi connectivity index (χ0n) is 17.7. The Bertz CT molecular complexity index is 402. The lowest BCUT2D eigenvalue weighted by atomic mass is 9.76. The van der Waals surface area contributed by atoms with Crippen LogP contribution >= 0.6 is 0 Å². The minimum atomic E-state index is -0.0506. The van der Waals surface area contributed by atoms with Crippen molar-refractivity contribution in [1.82, 2.24) is 4.90 Å². The van der Waals surface area contributed by atoms with E-state index in [1.807, 2.05) is 0 Å². The first-order valence-corrected chi connectivity index (χ1v) is 9.72. The van der Waals surface area contributed by atoms with Crippen molar-refractivity contribution < 1.29 is 9.53 Å². The molecule has 1 saturated heterocycles. The van der Waals surface area contributed by atoms with E-state index in [4.69, 9.17) is 4.74 Å². The number of likely N-dealkylation sites (tertiary alicyclic amines) is 1. The Morgan fingerprint density at radius 1 is 1.08 bits per heavy atom. The molecule has 1 fully saturated rings. The Labute approximate surface area is 150 Å². The standard InChI is InChI=1S/C21H41NO2/c1-16(2)15-17(19(3,4)5)18(23)24-14-13-22-20(6,7)11-10-12-21(22,8)9/h16-17H,10-15H2,1-9H3. The van der Waals surface area contributed by atoms with Crippen molar-refractivity contribution in [3.63, 3.8) is 0 Å². The van der Waals surface area contributed by atoms with E-state index in [-0.39, 0.29) is 28.4 Å². The Morgan fingerprint density at radius 3 is 2.00 bits per heavy atom. The minimum absolute atomic E-state index is 0.0242. The van der Waals surface area contributed by atoms with Gasteiger partial charge in [0.1, 0.15) is 6.61 Å². The van der Waals surface area contributed by atoms with Gasteiger partial charge in [0.25, 0.3) is 0 Å². The van der Waals surface area contributed by atoms with Crippen LogP contribution in [0.5, 0.6) is 0 Å². The maximum Gasteiger partial charge on any atom is 0.309 e. The summed E-state index contributed by atoms with van der Waals surface area (Å²) in [5.74, 6) is 0.449. The number of piperidine rings is 1. The van der Waals surface area contributed by atoms with Crippen LogP contribution in [0.1, 0.15) is 88.0 Å². The van der Waals surface area contributed by atoms with Crippen molar-refractivity contribution in [2.45, 2.75) is 99.1 Å². The molecule has 0 bridgehead atoms. The van der Waals surface area contributed by atoms with Crippen LogP contribution in [0.15, 0.2) is 0 Å². The van der Waals surface area contributed by atoms with E-state index in [0.29, 0.717) is 12.5 Å². The average Bonchev–Trinajstić information content (AvgIpc) is 2.36. The highest BCUT2D eigenvalue weighted by molar-refractivity contribution is 5.73. The molecule has 0 amide bonds. The fourth-order valence-electron chi connectivity index (χ4n) is 4.26. The van der Waals surface area contributed by atoms with E-state index in [1.165, 1.54) is 19.3 Å². The summed E-state index contributed by atoms with van der Waals surface area (Å²) >= 11 is 0. The van der Waals surface area contributed by atoms with Crippen molar-refractivity contribution in [2.75, 3.05) is 13.2 Å². The lowest BCUT2D eigenvalue weighted by molar-refractivity contribution is -0.155. The normalized spacial score (nSPS) is 22.4. The SMILES string of the molecule is CC(C)CC(C(=O)OCCN1C(C)(C)CCCC1(C)C)C(C)(C)C. The lowest BCUT2D eigenvalue weighted by Gasteiger charge is -2.53. The Hall–Kier alpha value is -0.570. The zero-order valence-corrected chi connectivity index (χ0v) is 17.7. The largest absolute Gasteiger partial charge is 0.464 e. The fraction of sp³-hybridized carbons (Fsp3) is 0.952. The van der Waals surface area contributed by atoms with Gasteiger partial charge in [0, 0.05) is 17.6 Å². The van der Waals surface area contributed by atoms with Gasteiger partial charge in [0.05, 0.1) is 5.92 Å². The monoisotopic (exact) mass is 339 g/mol. The quantitative estimate of drug-likeness (QED) is 0.616. The number of carbonyl (C=O) groups excluding carboxylic acids is 1. The molecule has 0 aromatic heterocycles. The van der Waals surface area contributed by atoms with Gasteiger partial charge in [-0.2, -0.15) is 0 Å². The van der Waals surface area contributed by atoms with Crippen LogP contribution in [0.25, 0.3) is 0 Å². The topological polar surface area (TPSA) is 29.5 Å². The first kappa shape index (κ1) is 21.5. The van der Waals surface area contributed by atoms with Crippen LogP contribution in [-0.4, -0.2) is 35.1 Å². The number of nitrogens with zero attached hydrogens (tertiary/aromatic N) is 1. The molecule has 1 aliphatic heterocycles. The van der Waals surface area contributed by atoms with E-state index in [0.717, 1.165) is 13.0 Å². The molecule has 1 unspecified atom stereocenters. The summed E-state index contributed by atoms with van der Waals surface area (Å²) in [6.45, 7) is 21.3. The summed E-state index contributed by atoms with van der Waals surface area (Å²) in [5, 5.41) is 0. The van der Waals surface area contributed by atoms with Crippen LogP contribution in [0.4, 0.5) is 0 Å². The first-order chi connectivity index (χ1) is 10.8. The summed E-state index contributed by atoms with van der Waals surface area (Å²) in [7, 11) is 0. The van der Waals surface area contributed by atoms with Gasteiger partial charge >= 0.3 is 5.97 Å². The molecule has 3 nitrogen and oxygen atoms in total. The fourth-order valence-corrected chi connectivity index (χ4v) is 4.26. The third-order valence-electron chi connectivity index (χ3n) is 5.63. The second-order valence-electron chi connectivity index (χ2n) is 10.3. The van der Waals surface area contributed by atoms with Crippen molar-refractivity contribution in [3.8, 4) is 0 Å². The van der Waals surface area contributed by atoms with Gasteiger partial charge < -0.3 is 4.74 Å². The summed E-state index contributed by atoms with van der Waals surface area (Å²) < 4.78 is 5.74. The Balaban J connectivity index is 2.65. The molecule has 0 aromatic rings. The summed E-state index contributed by atoms with van der Waals surface area (Å²) in [5.41, 5.74) is 0.302. The van der Waals surface area contributed by atoms with Crippen LogP contribution in [0, 0.1) is 17.3 Å². The van der Waals surface area contributed by atoms with Crippen LogP contribution < -0.4 is 0 Å². The lowest BCUT2D eigenvalue weighted by Crippen LogP contribution is -2.59. The molecule has 0 spiro atoms. The van der Waals surface area contributed by atoms with Gasteiger partial charge in [-0.05, 0) is 64.7 Å². The third-order valence-corrected chi connectivity index (χ3v) is 5.63. The molecular weight excluding hydrogens is 298 g/mol. The van der Waals surface area contributed by atoms with Crippen molar-refractivity contribution in [3.05, 3.63) is 0 Å². The molecule has 1 atom stereocenters. The molecule has 142 valence electrons. The second-order valence-corrected chi connectivity index (χ2v) is 10.3. The van der Waals surface area contributed by atoms with Gasteiger partial charge in [0.15, 0.2) is 0 Å². The molecular formula is C21H41NO2. The van der Waals surface area contributed by atoms with Gasteiger partial charge in [-0.1, -0.05) is 34.6 Å². The highest BCUT2D eigenvalue weighted by Gasteiger charge is 2.41. The summed E-state index contributed by atoms with van der Waals surface area (Å²) in [6.07, 6.45) is 4.59. The van der Waals surface area contributed by atoms with Gasteiger partial charge in [-0.3, -0.25) is 9.69 Å². The molecule has 3 heteroatoms. The molecule has 1 rings (SSSR count). The smallest absolute Gasteiger partial charge is 0.309 e. The number of esters is 1. The first-order valence-electron chi connectivity index (χ1n) is 9.72. The second kappa shape index (κ2) is 7.76. The highest BCUT2D eigenvalue weighted by atomic mass is 16.5. The molecule has 0 radical (unpaired) electrons. The highest BCUT2D eigenvalue weighted by Crippen LogP contribution is 2.38. The molecule has 0 N–H and O–H groups in total. The molecule has 0 aliphatic carbocycles. The maximum atomic E-state index is 12.6. The molecule has 0 aromatic carbocycles. The van der Waals surface area contributed by atoms with Gasteiger partial charge in [0.2, 0.25) is 0 Å². The Morgan fingerprint density at radius 2 is 1.58 bits per heavy atom. The molecule has 1 heterocycles. The molecule has 0 saturated carbocycles. The van der Waals surface area contributed by atoms with Crippen molar-refractivity contribution in [2.24, 2.45) is 17.3 Å². The summed E-state index contributed by atoms with van der Waals surface area (Å²) in [6, 6.07) is 0. The van der Waals surface area contributed by atoms with E-state index < -0.39 is 0 Å². The third kappa shape index (κ3) is 5.75. The number of carbonyl (C=O) groups is 1. The maximum absolute atomic E-state index is 12.6. The minimum Gasteiger partial charge on any atom is -0.464 e. The zero-order chi connectivity index (χ0) is 18.8. The van der Waals surface area contributed by atoms with Gasteiger partial charge in [-0.25, -0.2) is 0 Å². The van der Waals surface area contributed by atoms with Crippen LogP contribution in [-0.2, 0) is 9.53 Å². The number of hydrogen-bond acceptors (Lipinski definition) is 3. The van der Waals surface area contributed by atoms with Gasteiger partial charge in [-0.15, -0.1) is 0 Å². The number of ether oxygens (including phenoxy) is 1. The van der Waals surface area contributed by atoms with Crippen molar-refractivity contribution in [1.29, 1.82) is 0 Å².